The van der Waals surface area contributed by atoms with E-state index in [-0.39, 0.29) is 12.2 Å². The van der Waals surface area contributed by atoms with Gasteiger partial charge in [-0.25, -0.2) is 4.39 Å². The number of hydrogen-bond donors (Lipinski definition) is 2. The number of likely N-dealkylation sites (tertiary alicyclic amines) is 1. The van der Waals surface area contributed by atoms with Crippen LogP contribution in [0.25, 0.3) is 11.0 Å². The zero-order valence-corrected chi connectivity index (χ0v) is 14.2. The molecule has 1 aromatic carbocycles. The molecule has 0 atom stereocenters. The van der Waals surface area contributed by atoms with Crippen LogP contribution in [0.1, 0.15) is 37.3 Å². The quantitative estimate of drug-likeness (QED) is 0.713. The minimum absolute atomic E-state index is 0.216. The molecule has 7 heteroatoms. The molecule has 2 aromatic rings. The fraction of sp³-hybridized carbons (Fsp3) is 0.556. The van der Waals surface area contributed by atoms with E-state index in [0.717, 1.165) is 56.6 Å². The molecule has 0 unspecified atom stereocenters. The maximum atomic E-state index is 13.2. The molecule has 136 valence electrons. The first-order chi connectivity index (χ1) is 12.1. The summed E-state index contributed by atoms with van der Waals surface area (Å²) in [5.74, 6) is -0.695. The van der Waals surface area contributed by atoms with Crippen LogP contribution >= 0.6 is 0 Å². The number of carboxylic acid groups (broad SMARTS) is 1. The van der Waals surface area contributed by atoms with Crippen molar-refractivity contribution in [1.29, 1.82) is 0 Å². The Hall–Kier alpha value is -1.99. The van der Waals surface area contributed by atoms with Crippen LogP contribution in [0.15, 0.2) is 22.7 Å². The molecule has 1 aliphatic heterocycles. The Morgan fingerprint density at radius 1 is 1.36 bits per heavy atom. The van der Waals surface area contributed by atoms with Gasteiger partial charge in [-0.15, -0.1) is 0 Å². The van der Waals surface area contributed by atoms with E-state index in [4.69, 9.17) is 9.63 Å². The Kier molecular flexibility index (Phi) is 5.99. The van der Waals surface area contributed by atoms with Crippen molar-refractivity contribution in [1.82, 2.24) is 15.4 Å². The van der Waals surface area contributed by atoms with E-state index in [2.05, 4.69) is 15.4 Å². The van der Waals surface area contributed by atoms with Gasteiger partial charge in [-0.2, -0.15) is 0 Å². The Morgan fingerprint density at radius 2 is 2.16 bits per heavy atom. The lowest BCUT2D eigenvalue weighted by atomic mass is 9.91. The number of nitrogens with zero attached hydrogens (tertiary/aromatic N) is 2. The van der Waals surface area contributed by atoms with Gasteiger partial charge in [0.15, 0.2) is 5.58 Å². The average molecular weight is 349 g/mol. The molecule has 25 heavy (non-hydrogen) atoms. The summed E-state index contributed by atoms with van der Waals surface area (Å²) in [7, 11) is 0. The van der Waals surface area contributed by atoms with E-state index >= 15 is 0 Å². The van der Waals surface area contributed by atoms with E-state index in [9.17, 15) is 9.18 Å². The van der Waals surface area contributed by atoms with Crippen molar-refractivity contribution < 1.29 is 18.8 Å². The Bertz CT molecular complexity index is 711. The highest BCUT2D eigenvalue weighted by atomic mass is 19.1. The molecular formula is C18H24FN3O3. The van der Waals surface area contributed by atoms with Gasteiger partial charge in [-0.1, -0.05) is 5.16 Å². The minimum Gasteiger partial charge on any atom is -0.481 e. The lowest BCUT2D eigenvalue weighted by molar-refractivity contribution is -0.137. The predicted molar refractivity (Wildman–Crippen MR) is 92.1 cm³/mol. The van der Waals surface area contributed by atoms with Crippen molar-refractivity contribution in [3.63, 3.8) is 0 Å². The van der Waals surface area contributed by atoms with E-state index in [1.165, 1.54) is 12.1 Å². The first-order valence-corrected chi connectivity index (χ1v) is 8.83. The topological polar surface area (TPSA) is 78.6 Å². The number of fused-ring (bicyclic) bond motifs is 1. The van der Waals surface area contributed by atoms with Crippen molar-refractivity contribution in [2.75, 3.05) is 32.7 Å². The van der Waals surface area contributed by atoms with Crippen molar-refractivity contribution in [2.24, 2.45) is 0 Å². The Labute approximate surface area is 146 Å². The van der Waals surface area contributed by atoms with Crippen LogP contribution in [0.2, 0.25) is 0 Å². The zero-order valence-electron chi connectivity index (χ0n) is 14.2. The van der Waals surface area contributed by atoms with E-state index < -0.39 is 5.97 Å². The smallest absolute Gasteiger partial charge is 0.303 e. The summed E-state index contributed by atoms with van der Waals surface area (Å²) in [6, 6.07) is 4.59. The number of halogens is 1. The highest BCUT2D eigenvalue weighted by molar-refractivity contribution is 5.79. The molecule has 3 rings (SSSR count). The standard InChI is InChI=1S/C18H24FN3O3/c19-14-3-4-15-16(12-14)25-21-18(15)13-5-9-22(10-6-13)11-8-20-7-1-2-17(23)24/h3-4,12-13,20H,1-2,5-11H2,(H,23,24). The molecule has 0 amide bonds. The number of benzene rings is 1. The largest absolute Gasteiger partial charge is 0.481 e. The van der Waals surface area contributed by atoms with Crippen molar-refractivity contribution >= 4 is 16.9 Å². The number of aliphatic carboxylic acids is 1. The number of piperidine rings is 1. The fourth-order valence-corrected chi connectivity index (χ4v) is 3.38. The summed E-state index contributed by atoms with van der Waals surface area (Å²) in [6.45, 7) is 4.57. The number of aromatic nitrogens is 1. The minimum atomic E-state index is -0.744. The molecule has 1 saturated heterocycles. The number of hydrogen-bond acceptors (Lipinski definition) is 5. The van der Waals surface area contributed by atoms with Crippen LogP contribution in [0.3, 0.4) is 0 Å². The van der Waals surface area contributed by atoms with Gasteiger partial charge in [0.1, 0.15) is 5.82 Å². The third-order valence-corrected chi connectivity index (χ3v) is 4.79. The first kappa shape index (κ1) is 17.8. The maximum absolute atomic E-state index is 13.2. The van der Waals surface area contributed by atoms with Crippen LogP contribution in [-0.4, -0.2) is 53.9 Å². The molecular weight excluding hydrogens is 325 g/mol. The summed E-state index contributed by atoms with van der Waals surface area (Å²) in [4.78, 5) is 12.8. The molecule has 6 nitrogen and oxygen atoms in total. The molecule has 0 aliphatic carbocycles. The van der Waals surface area contributed by atoms with Gasteiger partial charge in [-0.05, 0) is 51.0 Å². The SMILES string of the molecule is O=C(O)CCCNCCN1CCC(c2noc3cc(F)ccc23)CC1. The Balaban J connectivity index is 1.42. The van der Waals surface area contributed by atoms with Crippen molar-refractivity contribution in [3.8, 4) is 0 Å². The molecule has 2 N–H and O–H groups in total. The van der Waals surface area contributed by atoms with E-state index in [1.807, 2.05) is 0 Å². The van der Waals surface area contributed by atoms with Crippen LogP contribution in [-0.2, 0) is 4.79 Å². The summed E-state index contributed by atoms with van der Waals surface area (Å²) in [5, 5.41) is 17.0. The Morgan fingerprint density at radius 3 is 2.92 bits per heavy atom. The van der Waals surface area contributed by atoms with Crippen LogP contribution in [0.4, 0.5) is 4.39 Å². The van der Waals surface area contributed by atoms with Crippen LogP contribution < -0.4 is 5.32 Å². The molecule has 2 heterocycles. The maximum Gasteiger partial charge on any atom is 0.303 e. The van der Waals surface area contributed by atoms with Gasteiger partial charge in [0.05, 0.1) is 5.69 Å². The molecule has 0 spiro atoms. The van der Waals surface area contributed by atoms with Gasteiger partial charge in [0.2, 0.25) is 0 Å². The third-order valence-electron chi connectivity index (χ3n) is 4.79. The molecule has 1 aliphatic rings. The van der Waals surface area contributed by atoms with Crippen LogP contribution in [0, 0.1) is 5.82 Å². The zero-order chi connectivity index (χ0) is 17.6. The molecule has 0 radical (unpaired) electrons. The summed E-state index contributed by atoms with van der Waals surface area (Å²) in [5.41, 5.74) is 1.46. The summed E-state index contributed by atoms with van der Waals surface area (Å²) >= 11 is 0. The summed E-state index contributed by atoms with van der Waals surface area (Å²) < 4.78 is 18.5. The van der Waals surface area contributed by atoms with Crippen molar-refractivity contribution in [2.45, 2.75) is 31.6 Å². The van der Waals surface area contributed by atoms with Crippen LogP contribution in [0.5, 0.6) is 0 Å². The third kappa shape index (κ3) is 4.76. The highest BCUT2D eigenvalue weighted by Gasteiger charge is 2.24. The second-order valence-corrected chi connectivity index (χ2v) is 6.57. The first-order valence-electron chi connectivity index (χ1n) is 8.83. The molecule has 0 saturated carbocycles. The van der Waals surface area contributed by atoms with Gasteiger partial charge >= 0.3 is 5.97 Å². The average Bonchev–Trinajstić information content (AvgIpc) is 3.01. The lowest BCUT2D eigenvalue weighted by Gasteiger charge is -2.31. The molecule has 1 fully saturated rings. The number of rotatable bonds is 8. The normalized spacial score (nSPS) is 16.5. The number of nitrogens with one attached hydrogen (secondary N) is 1. The van der Waals surface area contributed by atoms with E-state index in [1.54, 1.807) is 6.07 Å². The molecule has 0 bridgehead atoms. The van der Waals surface area contributed by atoms with Gasteiger partial charge in [0, 0.05) is 36.9 Å². The van der Waals surface area contributed by atoms with Crippen molar-refractivity contribution in [3.05, 3.63) is 29.7 Å². The fourth-order valence-electron chi connectivity index (χ4n) is 3.38. The van der Waals surface area contributed by atoms with Gasteiger partial charge < -0.3 is 19.8 Å². The second-order valence-electron chi connectivity index (χ2n) is 6.57. The molecule has 1 aromatic heterocycles. The van der Waals surface area contributed by atoms with E-state index in [0.29, 0.717) is 17.9 Å². The van der Waals surface area contributed by atoms with Gasteiger partial charge in [0.25, 0.3) is 0 Å². The lowest BCUT2D eigenvalue weighted by Crippen LogP contribution is -2.38. The monoisotopic (exact) mass is 349 g/mol. The second kappa shape index (κ2) is 8.40. The number of carboxylic acids is 1. The number of carbonyl (C=O) groups is 1. The summed E-state index contributed by atoms with van der Waals surface area (Å²) in [6.07, 6.45) is 2.90. The van der Waals surface area contributed by atoms with Gasteiger partial charge in [-0.3, -0.25) is 4.79 Å². The highest BCUT2D eigenvalue weighted by Crippen LogP contribution is 2.32. The predicted octanol–water partition coefficient (Wildman–Crippen LogP) is 2.60.